The van der Waals surface area contributed by atoms with Crippen LogP contribution < -0.4 is 0 Å². The molecule has 0 nitrogen and oxygen atoms in total. The molecule has 0 N–H and O–H groups in total. The first-order valence-corrected chi connectivity index (χ1v) is 11.4. The molecule has 168 valence electrons. The Labute approximate surface area is 181 Å². The smallest absolute Gasteiger partial charge is 0.210 e. The maximum atomic E-state index is 14.1. The molecule has 3 atom stereocenters. The molecule has 0 aliphatic heterocycles. The van der Waals surface area contributed by atoms with Gasteiger partial charge in [0.15, 0.2) is 0 Å². The second kappa shape index (κ2) is 12.8. The predicted molar refractivity (Wildman–Crippen MR) is 123 cm³/mol. The first-order chi connectivity index (χ1) is 14.3. The first kappa shape index (κ1) is 26.3. The van der Waals surface area contributed by atoms with Gasteiger partial charge in [0.1, 0.15) is 5.82 Å². The number of benzene rings is 2. The zero-order valence-corrected chi connectivity index (χ0v) is 19.5. The number of halogens is 3. The fraction of sp³-hybridized carbons (Fsp3) is 0.556. The fourth-order valence-electron chi connectivity index (χ4n) is 4.63. The Hall–Kier alpha value is -1.77. The van der Waals surface area contributed by atoms with Gasteiger partial charge in [-0.3, -0.25) is 0 Å². The van der Waals surface area contributed by atoms with Gasteiger partial charge in [0.05, 0.1) is 0 Å². The van der Waals surface area contributed by atoms with E-state index in [1.165, 1.54) is 11.6 Å². The van der Waals surface area contributed by atoms with Gasteiger partial charge >= 0.3 is 0 Å². The average molecular weight is 421 g/mol. The molecule has 0 saturated heterocycles. The number of rotatable bonds is 7. The minimum atomic E-state index is -2.27. The Balaban J connectivity index is 0.000000418. The molecule has 0 amide bonds. The lowest BCUT2D eigenvalue weighted by molar-refractivity contribution is 0.0594. The summed E-state index contributed by atoms with van der Waals surface area (Å²) in [4.78, 5) is 0. The van der Waals surface area contributed by atoms with Gasteiger partial charge in [0.2, 0.25) is 6.43 Å². The van der Waals surface area contributed by atoms with E-state index >= 15 is 0 Å². The van der Waals surface area contributed by atoms with Crippen molar-refractivity contribution in [3.8, 4) is 0 Å². The lowest BCUT2D eigenvalue weighted by Crippen LogP contribution is -2.42. The van der Waals surface area contributed by atoms with Crippen molar-refractivity contribution >= 4 is 0 Å². The third-order valence-corrected chi connectivity index (χ3v) is 6.16. The third-order valence-electron chi connectivity index (χ3n) is 6.16. The Bertz CT molecular complexity index is 726. The highest BCUT2D eigenvalue weighted by molar-refractivity contribution is 5.50. The molecule has 30 heavy (non-hydrogen) atoms. The maximum Gasteiger partial charge on any atom is 0.241 e. The number of fused-ring (bicyclic) bond motifs is 1. The van der Waals surface area contributed by atoms with Crippen molar-refractivity contribution in [2.24, 2.45) is 5.92 Å². The van der Waals surface area contributed by atoms with E-state index < -0.39 is 12.3 Å². The summed E-state index contributed by atoms with van der Waals surface area (Å²) in [5, 5.41) is 0. The summed E-state index contributed by atoms with van der Waals surface area (Å²) in [5.74, 6) is -0.438. The van der Waals surface area contributed by atoms with Crippen LogP contribution in [0.2, 0.25) is 0 Å². The van der Waals surface area contributed by atoms with Crippen LogP contribution in [0.1, 0.15) is 89.3 Å². The zero-order chi connectivity index (χ0) is 22.7. The van der Waals surface area contributed by atoms with Crippen LogP contribution in [0.15, 0.2) is 48.5 Å². The molecule has 0 bridgehead atoms. The summed E-state index contributed by atoms with van der Waals surface area (Å²) in [6.07, 6.45) is 1.11. The second-order valence-electron chi connectivity index (χ2n) is 8.16. The second-order valence-corrected chi connectivity index (χ2v) is 8.16. The van der Waals surface area contributed by atoms with Crippen molar-refractivity contribution in [2.45, 2.75) is 91.4 Å². The SMILES string of the molecule is CC.CCCC(CCC1(C)c2c(F)cccc2C1CC)C(F)F.Cc1ccccc1. The highest BCUT2D eigenvalue weighted by atomic mass is 19.3. The van der Waals surface area contributed by atoms with Crippen LogP contribution >= 0.6 is 0 Å². The number of hydrogen-bond donors (Lipinski definition) is 0. The summed E-state index contributed by atoms with van der Waals surface area (Å²) in [6, 6.07) is 15.5. The number of alkyl halides is 2. The molecular weight excluding hydrogens is 381 g/mol. The summed E-state index contributed by atoms with van der Waals surface area (Å²) in [6.45, 7) is 12.2. The topological polar surface area (TPSA) is 0 Å². The highest BCUT2D eigenvalue weighted by Crippen LogP contribution is 2.57. The van der Waals surface area contributed by atoms with E-state index in [0.717, 1.165) is 24.0 Å². The van der Waals surface area contributed by atoms with E-state index in [1.54, 1.807) is 6.07 Å². The molecule has 0 aromatic heterocycles. The summed E-state index contributed by atoms with van der Waals surface area (Å²) >= 11 is 0. The minimum absolute atomic E-state index is 0.177. The van der Waals surface area contributed by atoms with Crippen LogP contribution in [0.5, 0.6) is 0 Å². The minimum Gasteiger partial charge on any atom is -0.210 e. The summed E-state index contributed by atoms with van der Waals surface area (Å²) < 4.78 is 40.2. The fourth-order valence-corrected chi connectivity index (χ4v) is 4.63. The van der Waals surface area contributed by atoms with Gasteiger partial charge in [0.25, 0.3) is 0 Å². The normalized spacial score (nSPS) is 20.1. The van der Waals surface area contributed by atoms with Gasteiger partial charge in [-0.15, -0.1) is 0 Å². The van der Waals surface area contributed by atoms with Crippen molar-refractivity contribution in [3.63, 3.8) is 0 Å². The third kappa shape index (κ3) is 6.36. The van der Waals surface area contributed by atoms with Gasteiger partial charge in [0, 0.05) is 11.3 Å². The van der Waals surface area contributed by atoms with E-state index in [9.17, 15) is 13.2 Å². The highest BCUT2D eigenvalue weighted by Gasteiger charge is 2.48. The van der Waals surface area contributed by atoms with Crippen LogP contribution in [0.4, 0.5) is 13.2 Å². The van der Waals surface area contributed by atoms with Crippen LogP contribution in [-0.4, -0.2) is 6.43 Å². The average Bonchev–Trinajstić information content (AvgIpc) is 2.73. The van der Waals surface area contributed by atoms with Crippen molar-refractivity contribution in [2.75, 3.05) is 0 Å². The molecule has 0 fully saturated rings. The monoisotopic (exact) mass is 420 g/mol. The lowest BCUT2D eigenvalue weighted by Gasteiger charge is -2.50. The van der Waals surface area contributed by atoms with Crippen molar-refractivity contribution in [1.29, 1.82) is 0 Å². The Morgan fingerprint density at radius 1 is 0.933 bits per heavy atom. The van der Waals surface area contributed by atoms with Crippen molar-refractivity contribution in [3.05, 3.63) is 71.0 Å². The van der Waals surface area contributed by atoms with Gasteiger partial charge in [-0.2, -0.15) is 0 Å². The number of hydrogen-bond acceptors (Lipinski definition) is 0. The van der Waals surface area contributed by atoms with E-state index in [2.05, 4.69) is 26.0 Å². The van der Waals surface area contributed by atoms with Gasteiger partial charge in [-0.1, -0.05) is 89.1 Å². The molecule has 1 aliphatic carbocycles. The molecule has 3 rings (SSSR count). The van der Waals surface area contributed by atoms with Crippen LogP contribution in [-0.2, 0) is 5.41 Å². The van der Waals surface area contributed by atoms with E-state index in [-0.39, 0.29) is 11.2 Å². The molecule has 2 aromatic carbocycles. The number of aryl methyl sites for hydroxylation is 1. The van der Waals surface area contributed by atoms with Crippen molar-refractivity contribution < 1.29 is 13.2 Å². The zero-order valence-electron chi connectivity index (χ0n) is 19.5. The van der Waals surface area contributed by atoms with Gasteiger partial charge in [-0.05, 0) is 55.7 Å². The van der Waals surface area contributed by atoms with Crippen LogP contribution in [0, 0.1) is 18.7 Å². The molecule has 3 unspecified atom stereocenters. The summed E-state index contributed by atoms with van der Waals surface area (Å²) in [5.41, 5.74) is 2.88. The predicted octanol–water partition coefficient (Wildman–Crippen LogP) is 9.07. The summed E-state index contributed by atoms with van der Waals surface area (Å²) in [7, 11) is 0. The maximum absolute atomic E-state index is 14.1. The standard InChI is InChI=1S/C18H25F3.C7H8.C2H6/c1-4-7-12(17(20)21)10-11-18(3)14(5-2)13-8-6-9-15(19)16(13)18;1-7-5-3-2-4-6-7;1-2/h6,8-9,12,14,17H,4-5,7,10-11H2,1-3H3;2-6H,1H3;1-2H3. The molecule has 2 aromatic rings. The molecule has 0 heterocycles. The first-order valence-electron chi connectivity index (χ1n) is 11.4. The van der Waals surface area contributed by atoms with Gasteiger partial charge in [-0.25, -0.2) is 13.2 Å². The molecule has 0 spiro atoms. The van der Waals surface area contributed by atoms with Gasteiger partial charge < -0.3 is 0 Å². The van der Waals surface area contributed by atoms with E-state index in [0.29, 0.717) is 25.2 Å². The quantitative estimate of drug-likeness (QED) is 0.419. The largest absolute Gasteiger partial charge is 0.241 e. The Kier molecular flexibility index (Phi) is 11.2. The Morgan fingerprint density at radius 2 is 1.57 bits per heavy atom. The molecule has 0 radical (unpaired) electrons. The molecule has 1 aliphatic rings. The molecule has 3 heteroatoms. The molecular formula is C27H39F3. The van der Waals surface area contributed by atoms with Crippen LogP contribution in [0.25, 0.3) is 0 Å². The lowest BCUT2D eigenvalue weighted by atomic mass is 9.54. The Morgan fingerprint density at radius 3 is 2.03 bits per heavy atom. The van der Waals surface area contributed by atoms with Crippen molar-refractivity contribution in [1.82, 2.24) is 0 Å². The van der Waals surface area contributed by atoms with E-state index in [4.69, 9.17) is 0 Å². The molecule has 0 saturated carbocycles. The van der Waals surface area contributed by atoms with E-state index in [1.807, 2.05) is 52.0 Å². The van der Waals surface area contributed by atoms with Crippen LogP contribution in [0.3, 0.4) is 0 Å².